The summed E-state index contributed by atoms with van der Waals surface area (Å²) in [5, 5.41) is 0. The molecule has 0 radical (unpaired) electrons. The first kappa shape index (κ1) is 19.4. The van der Waals surface area contributed by atoms with Gasteiger partial charge in [0.1, 0.15) is 0 Å². The molecule has 0 spiro atoms. The lowest BCUT2D eigenvalue weighted by Gasteiger charge is -2.38. The van der Waals surface area contributed by atoms with Crippen LogP contribution in [-0.4, -0.2) is 63.1 Å². The summed E-state index contributed by atoms with van der Waals surface area (Å²) in [5.41, 5.74) is 0.929. The van der Waals surface area contributed by atoms with Gasteiger partial charge >= 0.3 is 0 Å². The van der Waals surface area contributed by atoms with E-state index in [2.05, 4.69) is 0 Å². The molecule has 0 aromatic heterocycles. The highest BCUT2D eigenvalue weighted by Gasteiger charge is 2.41. The summed E-state index contributed by atoms with van der Waals surface area (Å²) in [7, 11) is -0.373. The van der Waals surface area contributed by atoms with E-state index in [1.54, 1.807) is 22.8 Å². The van der Waals surface area contributed by atoms with Crippen LogP contribution < -0.4 is 9.47 Å². The van der Waals surface area contributed by atoms with Crippen LogP contribution >= 0.6 is 0 Å². The van der Waals surface area contributed by atoms with E-state index in [0.29, 0.717) is 31.1 Å². The van der Waals surface area contributed by atoms with Gasteiger partial charge in [0.2, 0.25) is 0 Å². The average molecular weight is 384 g/mol. The number of ether oxygens (including phenoxy) is 3. The number of hydrogen-bond donors (Lipinski definition) is 0. The van der Waals surface area contributed by atoms with Gasteiger partial charge in [0.05, 0.1) is 32.5 Å². The molecule has 2 heterocycles. The molecule has 2 aliphatic rings. The Morgan fingerprint density at radius 3 is 2.35 bits per heavy atom. The van der Waals surface area contributed by atoms with Gasteiger partial charge in [-0.15, -0.1) is 0 Å². The number of methoxy groups -OCH3 is 2. The number of nitrogens with zero attached hydrogens (tertiary/aromatic N) is 2. The van der Waals surface area contributed by atoms with Crippen LogP contribution in [0, 0.1) is 0 Å². The lowest BCUT2D eigenvalue weighted by molar-refractivity contribution is -0.0455. The molecule has 0 bridgehead atoms. The van der Waals surface area contributed by atoms with Crippen LogP contribution in [0.3, 0.4) is 0 Å². The highest BCUT2D eigenvalue weighted by atomic mass is 32.2. The van der Waals surface area contributed by atoms with Crippen molar-refractivity contribution in [3.05, 3.63) is 23.8 Å². The first-order valence-electron chi connectivity index (χ1n) is 9.01. The minimum Gasteiger partial charge on any atom is -0.493 e. The molecule has 0 amide bonds. The Hall–Kier alpha value is -1.35. The van der Waals surface area contributed by atoms with E-state index in [0.717, 1.165) is 18.4 Å². The highest BCUT2D eigenvalue weighted by Crippen LogP contribution is 2.39. The molecule has 0 aliphatic carbocycles. The highest BCUT2D eigenvalue weighted by molar-refractivity contribution is 7.86. The number of rotatable bonds is 5. The maximum absolute atomic E-state index is 13.3. The molecule has 3 rings (SSSR count). The fourth-order valence-corrected chi connectivity index (χ4v) is 5.88. The quantitative estimate of drug-likeness (QED) is 0.778. The molecule has 1 aromatic carbocycles. The van der Waals surface area contributed by atoms with E-state index < -0.39 is 10.2 Å². The van der Waals surface area contributed by atoms with E-state index in [1.807, 2.05) is 32.0 Å². The molecule has 0 N–H and O–H groups in total. The predicted molar refractivity (Wildman–Crippen MR) is 98.7 cm³/mol. The van der Waals surface area contributed by atoms with E-state index in [9.17, 15) is 8.42 Å². The summed E-state index contributed by atoms with van der Waals surface area (Å²) >= 11 is 0. The molecule has 8 heteroatoms. The van der Waals surface area contributed by atoms with Crippen molar-refractivity contribution in [3.8, 4) is 11.5 Å². The SMILES string of the molecule is COc1ccc([C@@H]2CCCN2S(=O)(=O)N2C[C@@H](C)O[C@@H](C)C2)cc1OC. The minimum atomic E-state index is -3.55. The molecule has 7 nitrogen and oxygen atoms in total. The molecule has 1 aromatic rings. The third kappa shape index (κ3) is 3.69. The van der Waals surface area contributed by atoms with Gasteiger partial charge in [-0.2, -0.15) is 17.0 Å². The van der Waals surface area contributed by atoms with E-state index in [-0.39, 0.29) is 18.2 Å². The van der Waals surface area contributed by atoms with Crippen molar-refractivity contribution in [3.63, 3.8) is 0 Å². The Kier molecular flexibility index (Phi) is 5.76. The van der Waals surface area contributed by atoms with Crippen LogP contribution in [0.1, 0.15) is 38.3 Å². The summed E-state index contributed by atoms with van der Waals surface area (Å²) in [6, 6.07) is 5.44. The Balaban J connectivity index is 1.88. The summed E-state index contributed by atoms with van der Waals surface area (Å²) in [4.78, 5) is 0. The van der Waals surface area contributed by atoms with Gasteiger partial charge < -0.3 is 14.2 Å². The zero-order valence-electron chi connectivity index (χ0n) is 15.8. The van der Waals surface area contributed by atoms with Crippen LogP contribution in [0.4, 0.5) is 0 Å². The minimum absolute atomic E-state index is 0.101. The van der Waals surface area contributed by atoms with Crippen LogP contribution in [0.15, 0.2) is 18.2 Å². The molecule has 0 saturated carbocycles. The predicted octanol–water partition coefficient (Wildman–Crippen LogP) is 2.19. The standard InChI is InChI=1S/C18H28N2O5S/c1-13-11-19(12-14(2)25-13)26(21,22)20-9-5-6-16(20)15-7-8-17(23-3)18(10-15)24-4/h7-8,10,13-14,16H,5-6,9,11-12H2,1-4H3/t13-,14+,16-/m0/s1. The van der Waals surface area contributed by atoms with Gasteiger partial charge in [0, 0.05) is 19.6 Å². The molecule has 146 valence electrons. The summed E-state index contributed by atoms with van der Waals surface area (Å²) in [6.07, 6.45) is 1.43. The summed E-state index contributed by atoms with van der Waals surface area (Å²) in [5.74, 6) is 1.25. The van der Waals surface area contributed by atoms with E-state index in [4.69, 9.17) is 14.2 Å². The zero-order chi connectivity index (χ0) is 18.9. The third-order valence-corrected chi connectivity index (χ3v) is 6.99. The molecule has 3 atom stereocenters. The summed E-state index contributed by atoms with van der Waals surface area (Å²) in [6.45, 7) is 5.13. The van der Waals surface area contributed by atoms with Gasteiger partial charge in [-0.25, -0.2) is 0 Å². The third-order valence-electron chi connectivity index (χ3n) is 5.00. The fourth-order valence-electron chi connectivity index (χ4n) is 3.88. The largest absolute Gasteiger partial charge is 0.493 e. The molecule has 0 unspecified atom stereocenters. The van der Waals surface area contributed by atoms with Crippen molar-refractivity contribution in [2.75, 3.05) is 33.9 Å². The lowest BCUT2D eigenvalue weighted by Crippen LogP contribution is -2.52. The second kappa shape index (κ2) is 7.72. The van der Waals surface area contributed by atoms with Gasteiger partial charge in [0.15, 0.2) is 11.5 Å². The smallest absolute Gasteiger partial charge is 0.282 e. The molecule has 26 heavy (non-hydrogen) atoms. The van der Waals surface area contributed by atoms with Gasteiger partial charge in [0.25, 0.3) is 10.2 Å². The maximum Gasteiger partial charge on any atom is 0.282 e. The second-order valence-corrected chi connectivity index (χ2v) is 8.85. The normalized spacial score (nSPS) is 28.2. The van der Waals surface area contributed by atoms with Crippen LogP contribution in [0.5, 0.6) is 11.5 Å². The number of morpholine rings is 1. The first-order valence-corrected chi connectivity index (χ1v) is 10.4. The summed E-state index contributed by atoms with van der Waals surface area (Å²) < 4.78 is 46.1. The number of hydrogen-bond acceptors (Lipinski definition) is 5. The Bertz CT molecular complexity index is 729. The lowest BCUT2D eigenvalue weighted by atomic mass is 10.0. The van der Waals surface area contributed by atoms with Crippen molar-refractivity contribution in [1.29, 1.82) is 0 Å². The molecule has 2 saturated heterocycles. The fraction of sp³-hybridized carbons (Fsp3) is 0.667. The van der Waals surface area contributed by atoms with Gasteiger partial charge in [-0.1, -0.05) is 6.07 Å². The Morgan fingerprint density at radius 2 is 1.73 bits per heavy atom. The van der Waals surface area contributed by atoms with E-state index >= 15 is 0 Å². The second-order valence-electron chi connectivity index (χ2n) is 6.97. The molecule has 2 aliphatic heterocycles. The zero-order valence-corrected chi connectivity index (χ0v) is 16.7. The number of benzene rings is 1. The van der Waals surface area contributed by atoms with Gasteiger partial charge in [-0.3, -0.25) is 0 Å². The molecular weight excluding hydrogens is 356 g/mol. The maximum atomic E-state index is 13.3. The van der Waals surface area contributed by atoms with Crippen molar-refractivity contribution in [2.45, 2.75) is 44.9 Å². The van der Waals surface area contributed by atoms with Crippen molar-refractivity contribution >= 4 is 10.2 Å². The van der Waals surface area contributed by atoms with Crippen molar-refractivity contribution < 1.29 is 22.6 Å². The van der Waals surface area contributed by atoms with Crippen LogP contribution in [0.2, 0.25) is 0 Å². The Morgan fingerprint density at radius 1 is 1.08 bits per heavy atom. The van der Waals surface area contributed by atoms with Gasteiger partial charge in [-0.05, 0) is 44.4 Å². The Labute approximate surface area is 156 Å². The van der Waals surface area contributed by atoms with Crippen molar-refractivity contribution in [2.24, 2.45) is 0 Å². The monoisotopic (exact) mass is 384 g/mol. The first-order chi connectivity index (χ1) is 12.4. The van der Waals surface area contributed by atoms with Crippen molar-refractivity contribution in [1.82, 2.24) is 8.61 Å². The van der Waals surface area contributed by atoms with Crippen LogP contribution in [-0.2, 0) is 14.9 Å². The van der Waals surface area contributed by atoms with Crippen LogP contribution in [0.25, 0.3) is 0 Å². The topological polar surface area (TPSA) is 68.3 Å². The van der Waals surface area contributed by atoms with E-state index in [1.165, 1.54) is 0 Å². The molecule has 2 fully saturated rings. The average Bonchev–Trinajstić information content (AvgIpc) is 3.10. The molecular formula is C18H28N2O5S.